The van der Waals surface area contributed by atoms with E-state index < -0.39 is 5.54 Å². The summed E-state index contributed by atoms with van der Waals surface area (Å²) in [6.45, 7) is 1.40. The molecule has 1 aromatic rings. The Kier molecular flexibility index (Phi) is 3.15. The summed E-state index contributed by atoms with van der Waals surface area (Å²) in [5.74, 6) is -0.352. The Balaban J connectivity index is 2.28. The molecule has 1 aromatic carbocycles. The van der Waals surface area contributed by atoms with Crippen molar-refractivity contribution < 1.29 is 9.59 Å². The third-order valence-electron chi connectivity index (χ3n) is 2.78. The molecule has 0 spiro atoms. The highest BCUT2D eigenvalue weighted by Crippen LogP contribution is 2.40. The van der Waals surface area contributed by atoms with Gasteiger partial charge in [0.15, 0.2) is 5.78 Å². The van der Waals surface area contributed by atoms with Gasteiger partial charge in [0.2, 0.25) is 5.91 Å². The molecular formula is C12H11Cl2NO2. The van der Waals surface area contributed by atoms with E-state index in [1.165, 1.54) is 13.0 Å². The summed E-state index contributed by atoms with van der Waals surface area (Å²) < 4.78 is 0. The number of carbonyl (C=O) groups excluding carboxylic acids is 2. The first-order valence-corrected chi connectivity index (χ1v) is 5.99. The van der Waals surface area contributed by atoms with Crippen LogP contribution in [0.3, 0.4) is 0 Å². The molecule has 5 heteroatoms. The summed E-state index contributed by atoms with van der Waals surface area (Å²) >= 11 is 11.7. The number of ketones is 1. The van der Waals surface area contributed by atoms with Crippen LogP contribution in [0.1, 0.15) is 30.1 Å². The number of nitrogens with one attached hydrogen (secondary N) is 1. The van der Waals surface area contributed by atoms with Crippen LogP contribution >= 0.6 is 23.2 Å². The van der Waals surface area contributed by atoms with E-state index in [9.17, 15) is 9.59 Å². The topological polar surface area (TPSA) is 46.2 Å². The van der Waals surface area contributed by atoms with Crippen molar-refractivity contribution in [3.05, 3.63) is 33.8 Å². The molecule has 0 heterocycles. The predicted octanol–water partition coefficient (Wildman–Crippen LogP) is 2.84. The number of carbonyl (C=O) groups is 2. The fourth-order valence-electron chi connectivity index (χ4n) is 1.80. The quantitative estimate of drug-likeness (QED) is 0.860. The van der Waals surface area contributed by atoms with Gasteiger partial charge in [-0.15, -0.1) is 0 Å². The van der Waals surface area contributed by atoms with E-state index in [0.717, 1.165) is 0 Å². The first-order valence-electron chi connectivity index (χ1n) is 5.23. The van der Waals surface area contributed by atoms with E-state index in [1.54, 1.807) is 12.1 Å². The zero-order valence-corrected chi connectivity index (χ0v) is 10.7. The molecule has 0 atom stereocenters. The highest BCUT2D eigenvalue weighted by Gasteiger charge is 2.51. The molecule has 0 saturated heterocycles. The average Bonchev–Trinajstić information content (AvgIpc) is 2.97. The van der Waals surface area contributed by atoms with E-state index in [2.05, 4.69) is 5.32 Å². The number of halogens is 2. The lowest BCUT2D eigenvalue weighted by molar-refractivity contribution is -0.119. The zero-order valence-electron chi connectivity index (χ0n) is 9.22. The Morgan fingerprint density at radius 1 is 1.29 bits per heavy atom. The third kappa shape index (κ3) is 2.45. The number of benzene rings is 1. The molecule has 3 nitrogen and oxygen atoms in total. The van der Waals surface area contributed by atoms with Crippen LogP contribution < -0.4 is 5.32 Å². The lowest BCUT2D eigenvalue weighted by Gasteiger charge is -2.15. The molecule has 0 aromatic heterocycles. The smallest absolute Gasteiger partial charge is 0.217 e. The second-order valence-corrected chi connectivity index (χ2v) is 5.06. The molecular weight excluding hydrogens is 261 g/mol. The van der Waals surface area contributed by atoms with Crippen molar-refractivity contribution in [2.75, 3.05) is 0 Å². The van der Waals surface area contributed by atoms with Gasteiger partial charge in [0, 0.05) is 17.5 Å². The van der Waals surface area contributed by atoms with Gasteiger partial charge in [-0.05, 0) is 31.0 Å². The van der Waals surface area contributed by atoms with Gasteiger partial charge in [-0.3, -0.25) is 9.59 Å². The minimum absolute atomic E-state index is 0.144. The minimum atomic E-state index is -0.747. The Labute approximate surface area is 109 Å². The van der Waals surface area contributed by atoms with Gasteiger partial charge in [-0.1, -0.05) is 23.2 Å². The zero-order chi connectivity index (χ0) is 12.6. The second-order valence-electron chi connectivity index (χ2n) is 4.22. The molecule has 0 unspecified atom stereocenters. The van der Waals surface area contributed by atoms with Gasteiger partial charge in [-0.25, -0.2) is 0 Å². The summed E-state index contributed by atoms with van der Waals surface area (Å²) in [6, 6.07) is 4.74. The van der Waals surface area contributed by atoms with Crippen LogP contribution in [0.15, 0.2) is 18.2 Å². The minimum Gasteiger partial charge on any atom is -0.343 e. The molecule has 1 fully saturated rings. The van der Waals surface area contributed by atoms with Crippen molar-refractivity contribution in [2.24, 2.45) is 0 Å². The SMILES string of the molecule is CC(=O)NC1(C(=O)c2ccc(Cl)cc2Cl)CC1. The number of Topliss-reactive ketones (excluding diaryl/α,β-unsaturated/α-hetero) is 1. The maximum absolute atomic E-state index is 12.3. The van der Waals surface area contributed by atoms with Gasteiger partial charge >= 0.3 is 0 Å². The lowest BCUT2D eigenvalue weighted by Crippen LogP contribution is -2.42. The van der Waals surface area contributed by atoms with Crippen LogP contribution in [-0.2, 0) is 4.79 Å². The van der Waals surface area contributed by atoms with E-state index >= 15 is 0 Å². The third-order valence-corrected chi connectivity index (χ3v) is 3.32. The first-order chi connectivity index (χ1) is 7.94. The normalized spacial score (nSPS) is 16.4. The van der Waals surface area contributed by atoms with Crippen LogP contribution in [0.25, 0.3) is 0 Å². The molecule has 1 aliphatic rings. The van der Waals surface area contributed by atoms with Crippen LogP contribution in [-0.4, -0.2) is 17.2 Å². The van der Waals surface area contributed by atoms with Crippen molar-refractivity contribution >= 4 is 34.9 Å². The van der Waals surface area contributed by atoms with Gasteiger partial charge in [-0.2, -0.15) is 0 Å². The summed E-state index contributed by atoms with van der Waals surface area (Å²) in [7, 11) is 0. The first kappa shape index (κ1) is 12.4. The fraction of sp³-hybridized carbons (Fsp3) is 0.333. The largest absolute Gasteiger partial charge is 0.343 e. The molecule has 2 rings (SSSR count). The molecule has 0 aliphatic heterocycles. The van der Waals surface area contributed by atoms with Crippen LogP contribution in [0.5, 0.6) is 0 Å². The summed E-state index contributed by atoms with van der Waals surface area (Å²) in [5, 5.41) is 3.49. The van der Waals surface area contributed by atoms with E-state index in [-0.39, 0.29) is 11.7 Å². The number of amides is 1. The van der Waals surface area contributed by atoms with Crippen LogP contribution in [0.2, 0.25) is 10.0 Å². The van der Waals surface area contributed by atoms with Crippen molar-refractivity contribution in [3.8, 4) is 0 Å². The molecule has 1 aliphatic carbocycles. The summed E-state index contributed by atoms with van der Waals surface area (Å²) in [4.78, 5) is 23.3. The molecule has 90 valence electrons. The number of hydrogen-bond acceptors (Lipinski definition) is 2. The highest BCUT2D eigenvalue weighted by molar-refractivity contribution is 6.37. The monoisotopic (exact) mass is 271 g/mol. The standard InChI is InChI=1S/C12H11Cl2NO2/c1-7(16)15-12(4-5-12)11(17)9-3-2-8(13)6-10(9)14/h2-3,6H,4-5H2,1H3,(H,15,16). The van der Waals surface area contributed by atoms with Crippen molar-refractivity contribution in [1.82, 2.24) is 5.32 Å². The second kappa shape index (κ2) is 4.31. The lowest BCUT2D eigenvalue weighted by atomic mass is 10.0. The van der Waals surface area contributed by atoms with Crippen molar-refractivity contribution in [3.63, 3.8) is 0 Å². The Bertz CT molecular complexity index is 495. The van der Waals surface area contributed by atoms with E-state index in [0.29, 0.717) is 28.5 Å². The van der Waals surface area contributed by atoms with Gasteiger partial charge in [0.25, 0.3) is 0 Å². The maximum Gasteiger partial charge on any atom is 0.217 e. The van der Waals surface area contributed by atoms with Gasteiger partial charge in [0.1, 0.15) is 5.54 Å². The molecule has 0 radical (unpaired) electrons. The summed E-state index contributed by atoms with van der Waals surface area (Å²) in [5.41, 5.74) is -0.342. The predicted molar refractivity (Wildman–Crippen MR) is 66.6 cm³/mol. The molecule has 1 saturated carbocycles. The van der Waals surface area contributed by atoms with Crippen LogP contribution in [0, 0.1) is 0 Å². The molecule has 0 bridgehead atoms. The molecule has 17 heavy (non-hydrogen) atoms. The molecule has 1 N–H and O–H groups in total. The maximum atomic E-state index is 12.3. The Hall–Kier alpha value is -1.06. The van der Waals surface area contributed by atoms with E-state index in [4.69, 9.17) is 23.2 Å². The van der Waals surface area contributed by atoms with Crippen molar-refractivity contribution in [1.29, 1.82) is 0 Å². The number of hydrogen-bond donors (Lipinski definition) is 1. The Morgan fingerprint density at radius 3 is 2.41 bits per heavy atom. The van der Waals surface area contributed by atoms with E-state index in [1.807, 2.05) is 0 Å². The highest BCUT2D eigenvalue weighted by atomic mass is 35.5. The van der Waals surface area contributed by atoms with Crippen molar-refractivity contribution in [2.45, 2.75) is 25.3 Å². The number of rotatable bonds is 3. The Morgan fingerprint density at radius 2 is 1.94 bits per heavy atom. The average molecular weight is 272 g/mol. The fourth-order valence-corrected chi connectivity index (χ4v) is 2.30. The summed E-state index contributed by atoms with van der Waals surface area (Å²) in [6.07, 6.45) is 1.31. The van der Waals surface area contributed by atoms with Gasteiger partial charge < -0.3 is 5.32 Å². The van der Waals surface area contributed by atoms with Gasteiger partial charge in [0.05, 0.1) is 5.02 Å². The van der Waals surface area contributed by atoms with Crippen LogP contribution in [0.4, 0.5) is 0 Å². The molecule has 1 amide bonds.